The highest BCUT2D eigenvalue weighted by Gasteiger charge is 2.19. The number of hydrogen-bond donors (Lipinski definition) is 1. The Labute approximate surface area is 141 Å². The third kappa shape index (κ3) is 3.60. The second-order valence-corrected chi connectivity index (χ2v) is 8.08. The summed E-state index contributed by atoms with van der Waals surface area (Å²) < 4.78 is 41.6. The van der Waals surface area contributed by atoms with Crippen LogP contribution < -0.4 is 4.72 Å². The van der Waals surface area contributed by atoms with Crippen LogP contribution >= 0.6 is 47.8 Å². The van der Waals surface area contributed by atoms with Crippen LogP contribution in [0.15, 0.2) is 54.7 Å². The minimum atomic E-state index is -3.80. The van der Waals surface area contributed by atoms with Gasteiger partial charge in [-0.1, -0.05) is 15.9 Å². The number of anilines is 1. The Morgan fingerprint density at radius 2 is 1.65 bits per heavy atom. The van der Waals surface area contributed by atoms with E-state index in [9.17, 15) is 12.8 Å². The fourth-order valence-electron chi connectivity index (χ4n) is 1.47. The van der Waals surface area contributed by atoms with Crippen molar-refractivity contribution in [3.05, 3.63) is 55.6 Å². The average Bonchev–Trinajstić information content (AvgIpc) is 2.32. The Morgan fingerprint density at radius 1 is 0.950 bits per heavy atom. The van der Waals surface area contributed by atoms with Crippen LogP contribution in [0, 0.1) is 5.82 Å². The molecule has 2 rings (SSSR count). The zero-order valence-corrected chi connectivity index (χ0v) is 15.3. The normalized spacial score (nSPS) is 11.4. The van der Waals surface area contributed by atoms with E-state index in [1.165, 1.54) is 6.07 Å². The molecule has 0 aliphatic heterocycles. The maximum absolute atomic E-state index is 13.0. The number of nitrogens with one attached hydrogen (secondary N) is 1. The monoisotopic (exact) mass is 485 g/mol. The molecule has 0 fully saturated rings. The molecule has 0 atom stereocenters. The molecule has 0 saturated heterocycles. The topological polar surface area (TPSA) is 46.2 Å². The molecule has 20 heavy (non-hydrogen) atoms. The van der Waals surface area contributed by atoms with E-state index >= 15 is 0 Å². The van der Waals surface area contributed by atoms with E-state index in [2.05, 4.69) is 52.5 Å². The van der Waals surface area contributed by atoms with Gasteiger partial charge in [0.05, 0.1) is 5.69 Å². The van der Waals surface area contributed by atoms with Gasteiger partial charge in [-0.15, -0.1) is 0 Å². The summed E-state index contributed by atoms with van der Waals surface area (Å²) in [5, 5.41) is 0. The minimum Gasteiger partial charge on any atom is -0.278 e. The Morgan fingerprint density at radius 3 is 2.25 bits per heavy atom. The minimum absolute atomic E-state index is 0.0336. The molecule has 106 valence electrons. The molecule has 0 spiro atoms. The van der Waals surface area contributed by atoms with E-state index < -0.39 is 15.8 Å². The summed E-state index contributed by atoms with van der Waals surface area (Å²) in [6, 6.07) is 8.44. The first-order chi connectivity index (χ1) is 9.29. The lowest BCUT2D eigenvalue weighted by atomic mass is 10.3. The van der Waals surface area contributed by atoms with E-state index in [4.69, 9.17) is 0 Å². The molecule has 0 aromatic heterocycles. The van der Waals surface area contributed by atoms with Gasteiger partial charge in [0, 0.05) is 13.4 Å². The molecule has 0 unspecified atom stereocenters. The lowest BCUT2D eigenvalue weighted by molar-refractivity contribution is 0.599. The number of benzene rings is 2. The van der Waals surface area contributed by atoms with Crippen LogP contribution in [-0.2, 0) is 10.0 Å². The smallest absolute Gasteiger partial charge is 0.263 e. The van der Waals surface area contributed by atoms with Gasteiger partial charge in [-0.2, -0.15) is 0 Å². The van der Waals surface area contributed by atoms with Gasteiger partial charge in [0.15, 0.2) is 0 Å². The zero-order valence-electron chi connectivity index (χ0n) is 9.70. The average molecular weight is 488 g/mol. The van der Waals surface area contributed by atoms with E-state index in [0.717, 1.165) is 16.6 Å². The van der Waals surface area contributed by atoms with Crippen molar-refractivity contribution >= 4 is 63.5 Å². The zero-order chi connectivity index (χ0) is 14.9. The van der Waals surface area contributed by atoms with Gasteiger partial charge in [0.1, 0.15) is 10.7 Å². The highest BCUT2D eigenvalue weighted by molar-refractivity contribution is 9.11. The lowest BCUT2D eigenvalue weighted by Crippen LogP contribution is -2.14. The maximum atomic E-state index is 13.0. The fourth-order valence-corrected chi connectivity index (χ4v) is 4.87. The van der Waals surface area contributed by atoms with Gasteiger partial charge in [-0.25, -0.2) is 12.8 Å². The van der Waals surface area contributed by atoms with Crippen LogP contribution in [0.3, 0.4) is 0 Å². The maximum Gasteiger partial charge on any atom is 0.263 e. The highest BCUT2D eigenvalue weighted by Crippen LogP contribution is 2.30. The molecule has 8 heteroatoms. The number of rotatable bonds is 3. The summed E-state index contributed by atoms with van der Waals surface area (Å²) in [7, 11) is -3.80. The van der Waals surface area contributed by atoms with E-state index in [-0.39, 0.29) is 9.37 Å². The quantitative estimate of drug-likeness (QED) is 0.668. The Hall–Kier alpha value is -0.440. The summed E-state index contributed by atoms with van der Waals surface area (Å²) in [4.78, 5) is -0.0336. The van der Waals surface area contributed by atoms with E-state index in [0.29, 0.717) is 10.2 Å². The molecule has 0 aliphatic rings. The van der Waals surface area contributed by atoms with Crippen molar-refractivity contribution in [1.82, 2.24) is 0 Å². The third-order valence-corrected chi connectivity index (χ3v) is 5.85. The summed E-state index contributed by atoms with van der Waals surface area (Å²) in [5.41, 5.74) is 0.393. The van der Waals surface area contributed by atoms with Crippen molar-refractivity contribution in [2.24, 2.45) is 0 Å². The van der Waals surface area contributed by atoms with Crippen LogP contribution in [0.5, 0.6) is 0 Å². The summed E-state index contributed by atoms with van der Waals surface area (Å²) in [6.45, 7) is 0. The van der Waals surface area contributed by atoms with E-state index in [1.54, 1.807) is 18.2 Å². The van der Waals surface area contributed by atoms with Crippen LogP contribution in [0.4, 0.5) is 10.1 Å². The predicted octanol–water partition coefficient (Wildman–Crippen LogP) is 4.91. The summed E-state index contributed by atoms with van der Waals surface area (Å²) >= 11 is 9.61. The molecule has 1 N–H and O–H groups in total. The molecular weight excluding hydrogens is 481 g/mol. The number of sulfonamides is 1. The van der Waals surface area contributed by atoms with Gasteiger partial charge >= 0.3 is 0 Å². The molecule has 0 radical (unpaired) electrons. The second kappa shape index (κ2) is 6.13. The fraction of sp³-hybridized carbons (Fsp3) is 0. The first-order valence-electron chi connectivity index (χ1n) is 5.22. The summed E-state index contributed by atoms with van der Waals surface area (Å²) in [6.07, 6.45) is 0. The van der Waals surface area contributed by atoms with Crippen molar-refractivity contribution in [2.75, 3.05) is 4.72 Å². The van der Waals surface area contributed by atoms with Crippen LogP contribution in [0.25, 0.3) is 0 Å². The predicted molar refractivity (Wildman–Crippen MR) is 86.8 cm³/mol. The van der Waals surface area contributed by atoms with Gasteiger partial charge in [-0.05, 0) is 68.3 Å². The molecule has 0 heterocycles. The Balaban J connectivity index is 2.41. The van der Waals surface area contributed by atoms with Gasteiger partial charge in [0.25, 0.3) is 10.0 Å². The first-order valence-corrected chi connectivity index (χ1v) is 9.09. The van der Waals surface area contributed by atoms with Crippen molar-refractivity contribution < 1.29 is 12.8 Å². The van der Waals surface area contributed by atoms with Crippen LogP contribution in [0.1, 0.15) is 0 Å². The molecular formula is C12H7Br3FNO2S. The molecule has 0 amide bonds. The van der Waals surface area contributed by atoms with Crippen molar-refractivity contribution in [3.63, 3.8) is 0 Å². The molecule has 0 aliphatic carbocycles. The molecule has 2 aromatic rings. The van der Waals surface area contributed by atoms with Gasteiger partial charge in [-0.3, -0.25) is 4.72 Å². The highest BCUT2D eigenvalue weighted by atomic mass is 79.9. The Bertz CT molecular complexity index is 765. The largest absolute Gasteiger partial charge is 0.278 e. The van der Waals surface area contributed by atoms with Crippen LogP contribution in [0.2, 0.25) is 0 Å². The summed E-state index contributed by atoms with van der Waals surface area (Å²) in [5.74, 6) is -0.513. The Kier molecular flexibility index (Phi) is 4.88. The molecule has 0 saturated carbocycles. The molecule has 3 nitrogen and oxygen atoms in total. The standard InChI is InChI=1S/C12H7Br3FNO2S/c13-7-1-3-11(9(14)5-7)17-20(18,19)12-4-2-8(16)6-10(12)15/h1-6,17H. The van der Waals surface area contributed by atoms with Crippen molar-refractivity contribution in [1.29, 1.82) is 0 Å². The first kappa shape index (κ1) is 15.9. The van der Waals surface area contributed by atoms with Gasteiger partial charge < -0.3 is 0 Å². The van der Waals surface area contributed by atoms with Crippen molar-refractivity contribution in [3.8, 4) is 0 Å². The second-order valence-electron chi connectivity index (χ2n) is 3.80. The number of hydrogen-bond acceptors (Lipinski definition) is 2. The SMILES string of the molecule is O=S(=O)(Nc1ccc(Br)cc1Br)c1ccc(F)cc1Br. The van der Waals surface area contributed by atoms with E-state index in [1.807, 2.05) is 0 Å². The number of halogens is 4. The van der Waals surface area contributed by atoms with Crippen LogP contribution in [-0.4, -0.2) is 8.42 Å². The molecule has 2 aromatic carbocycles. The third-order valence-electron chi connectivity index (χ3n) is 2.36. The van der Waals surface area contributed by atoms with Crippen molar-refractivity contribution in [2.45, 2.75) is 4.90 Å². The molecule has 0 bridgehead atoms. The lowest BCUT2D eigenvalue weighted by Gasteiger charge is -2.11. The van der Waals surface area contributed by atoms with Gasteiger partial charge in [0.2, 0.25) is 0 Å².